The van der Waals surface area contributed by atoms with Gasteiger partial charge in [0, 0.05) is 16.6 Å². The van der Waals surface area contributed by atoms with Gasteiger partial charge in [0.05, 0.1) is 38.2 Å². The zero-order valence-electron chi connectivity index (χ0n) is 18.3. The number of hydrogen-bond acceptors (Lipinski definition) is 5. The minimum atomic E-state index is -0.577. The first-order valence-electron chi connectivity index (χ1n) is 10.1. The summed E-state index contributed by atoms with van der Waals surface area (Å²) in [6.07, 6.45) is 1.64. The van der Waals surface area contributed by atoms with Crippen LogP contribution in [0.5, 0.6) is 11.5 Å². The predicted octanol–water partition coefficient (Wildman–Crippen LogP) is 4.73. The molecule has 0 aliphatic carbocycles. The lowest BCUT2D eigenvalue weighted by Gasteiger charge is -2.20. The number of esters is 1. The van der Waals surface area contributed by atoms with Gasteiger partial charge in [0.15, 0.2) is 0 Å². The molecule has 0 N–H and O–H groups in total. The first kappa shape index (κ1) is 21.2. The number of nitrogens with zero attached hydrogens (tertiary/aromatic N) is 1. The lowest BCUT2D eigenvalue weighted by atomic mass is 10.0. The molecule has 162 valence electrons. The van der Waals surface area contributed by atoms with Crippen molar-refractivity contribution in [2.45, 2.75) is 6.92 Å². The van der Waals surface area contributed by atoms with Crippen LogP contribution in [-0.2, 0) is 14.3 Å². The van der Waals surface area contributed by atoms with Gasteiger partial charge in [-0.25, -0.2) is 4.79 Å². The number of allylic oxidation sites excluding steroid dienone is 1. The van der Waals surface area contributed by atoms with Crippen LogP contribution in [0.2, 0.25) is 0 Å². The van der Waals surface area contributed by atoms with Crippen molar-refractivity contribution in [3.8, 4) is 11.5 Å². The molecule has 6 heteroatoms. The lowest BCUT2D eigenvalue weighted by molar-refractivity contribution is -0.136. The van der Waals surface area contributed by atoms with E-state index in [2.05, 4.69) is 0 Å². The highest BCUT2D eigenvalue weighted by Gasteiger charge is 2.38. The number of hydrogen-bond donors (Lipinski definition) is 0. The van der Waals surface area contributed by atoms with Crippen LogP contribution in [0.25, 0.3) is 16.8 Å². The van der Waals surface area contributed by atoms with Gasteiger partial charge >= 0.3 is 5.97 Å². The van der Waals surface area contributed by atoms with Crippen LogP contribution < -0.4 is 14.4 Å². The van der Waals surface area contributed by atoms with Gasteiger partial charge in [-0.1, -0.05) is 36.4 Å². The fourth-order valence-electron chi connectivity index (χ4n) is 3.98. The number of fused-ring (bicyclic) bond motifs is 1. The number of ether oxygens (including phenoxy) is 3. The third kappa shape index (κ3) is 3.50. The number of anilines is 1. The summed E-state index contributed by atoms with van der Waals surface area (Å²) in [7, 11) is 4.41. The van der Waals surface area contributed by atoms with Crippen LogP contribution in [0.15, 0.2) is 77.5 Å². The summed E-state index contributed by atoms with van der Waals surface area (Å²) in [5, 5.41) is 1.91. The Morgan fingerprint density at radius 2 is 1.69 bits per heavy atom. The molecule has 0 atom stereocenters. The van der Waals surface area contributed by atoms with Gasteiger partial charge in [0.25, 0.3) is 5.91 Å². The second kappa shape index (κ2) is 8.59. The van der Waals surface area contributed by atoms with Crippen molar-refractivity contribution < 1.29 is 23.8 Å². The molecule has 1 heterocycles. The maximum Gasteiger partial charge on any atom is 0.340 e. The third-order valence-corrected chi connectivity index (χ3v) is 5.53. The van der Waals surface area contributed by atoms with Crippen LogP contribution in [0.3, 0.4) is 0 Å². The summed E-state index contributed by atoms with van der Waals surface area (Å²) in [5.41, 5.74) is 2.27. The van der Waals surface area contributed by atoms with E-state index in [0.717, 1.165) is 10.8 Å². The highest BCUT2D eigenvalue weighted by atomic mass is 16.5. The zero-order chi connectivity index (χ0) is 22.8. The Kier molecular flexibility index (Phi) is 5.69. The Bertz CT molecular complexity index is 1280. The minimum absolute atomic E-state index is 0.218. The number of carbonyl (C=O) groups excluding carboxylic acids is 2. The SMILES string of the molecule is COC(=O)C1=C(C)N(c2cccc3ccccc23)C(=O)C1=Cc1cc(OC)ccc1OC. The highest BCUT2D eigenvalue weighted by molar-refractivity contribution is 6.25. The highest BCUT2D eigenvalue weighted by Crippen LogP contribution is 2.39. The number of benzene rings is 3. The molecule has 3 aromatic carbocycles. The van der Waals surface area contributed by atoms with E-state index in [-0.39, 0.29) is 17.1 Å². The summed E-state index contributed by atoms with van der Waals surface area (Å²) in [6, 6.07) is 18.8. The number of amides is 1. The van der Waals surface area contributed by atoms with Crippen molar-refractivity contribution >= 4 is 34.4 Å². The summed E-state index contributed by atoms with van der Waals surface area (Å²) in [5.74, 6) is 0.265. The quantitative estimate of drug-likeness (QED) is 0.433. The van der Waals surface area contributed by atoms with E-state index in [1.54, 1.807) is 50.3 Å². The molecule has 0 aromatic heterocycles. The molecule has 0 saturated carbocycles. The van der Waals surface area contributed by atoms with Crippen molar-refractivity contribution in [1.29, 1.82) is 0 Å². The first-order chi connectivity index (χ1) is 15.5. The molecule has 4 rings (SSSR count). The Morgan fingerprint density at radius 3 is 2.41 bits per heavy atom. The van der Waals surface area contributed by atoms with Crippen molar-refractivity contribution in [1.82, 2.24) is 0 Å². The Hall–Kier alpha value is -4.06. The van der Waals surface area contributed by atoms with Crippen LogP contribution in [0.1, 0.15) is 12.5 Å². The standard InChI is InChI=1S/C26H23NO5/c1-16-24(26(29)32-4)21(15-18-14-19(30-2)12-13-23(18)31-3)25(28)27(16)22-11-7-9-17-8-5-6-10-20(17)22/h5-15H,1-4H3. The fraction of sp³-hybridized carbons (Fsp3) is 0.154. The number of methoxy groups -OCH3 is 3. The van der Waals surface area contributed by atoms with Crippen LogP contribution in [0, 0.1) is 0 Å². The number of carbonyl (C=O) groups is 2. The minimum Gasteiger partial charge on any atom is -0.497 e. The number of rotatable bonds is 5. The molecule has 0 saturated heterocycles. The first-order valence-corrected chi connectivity index (χ1v) is 10.1. The van der Waals surface area contributed by atoms with Crippen molar-refractivity contribution in [2.24, 2.45) is 0 Å². The molecule has 1 aliphatic rings. The predicted molar refractivity (Wildman–Crippen MR) is 124 cm³/mol. The van der Waals surface area contributed by atoms with E-state index in [1.165, 1.54) is 7.11 Å². The summed E-state index contributed by atoms with van der Waals surface area (Å²) in [6.45, 7) is 1.75. The van der Waals surface area contributed by atoms with E-state index in [9.17, 15) is 9.59 Å². The van der Waals surface area contributed by atoms with E-state index in [4.69, 9.17) is 14.2 Å². The monoisotopic (exact) mass is 429 g/mol. The van der Waals surface area contributed by atoms with Crippen molar-refractivity contribution in [3.63, 3.8) is 0 Å². The molecule has 1 amide bonds. The van der Waals surface area contributed by atoms with Crippen LogP contribution in [0.4, 0.5) is 5.69 Å². The molecular weight excluding hydrogens is 406 g/mol. The maximum absolute atomic E-state index is 13.7. The van der Waals surface area contributed by atoms with E-state index in [0.29, 0.717) is 28.4 Å². The molecule has 3 aromatic rings. The van der Waals surface area contributed by atoms with Gasteiger partial charge in [-0.05, 0) is 42.7 Å². The summed E-state index contributed by atoms with van der Waals surface area (Å²) >= 11 is 0. The molecule has 0 bridgehead atoms. The molecular formula is C26H23NO5. The van der Waals surface area contributed by atoms with E-state index < -0.39 is 5.97 Å². The normalized spacial score (nSPS) is 14.9. The van der Waals surface area contributed by atoms with Gasteiger partial charge < -0.3 is 14.2 Å². The second-order valence-electron chi connectivity index (χ2n) is 7.26. The molecule has 0 fully saturated rings. The zero-order valence-corrected chi connectivity index (χ0v) is 18.3. The van der Waals surface area contributed by atoms with Crippen LogP contribution in [-0.4, -0.2) is 33.2 Å². The van der Waals surface area contributed by atoms with Gasteiger partial charge in [0.1, 0.15) is 11.5 Å². The van der Waals surface area contributed by atoms with E-state index >= 15 is 0 Å². The van der Waals surface area contributed by atoms with Crippen LogP contribution >= 0.6 is 0 Å². The second-order valence-corrected chi connectivity index (χ2v) is 7.26. The van der Waals surface area contributed by atoms with E-state index in [1.807, 2.05) is 42.5 Å². The third-order valence-electron chi connectivity index (χ3n) is 5.53. The average molecular weight is 429 g/mol. The molecule has 32 heavy (non-hydrogen) atoms. The largest absolute Gasteiger partial charge is 0.497 e. The average Bonchev–Trinajstić information content (AvgIpc) is 3.07. The van der Waals surface area contributed by atoms with Gasteiger partial charge in [0.2, 0.25) is 0 Å². The Morgan fingerprint density at radius 1 is 0.938 bits per heavy atom. The molecule has 1 aliphatic heterocycles. The summed E-state index contributed by atoms with van der Waals surface area (Å²) < 4.78 is 15.8. The molecule has 0 spiro atoms. The lowest BCUT2D eigenvalue weighted by Crippen LogP contribution is -2.24. The molecule has 0 unspecified atom stereocenters. The Labute approximate surface area is 186 Å². The molecule has 0 radical (unpaired) electrons. The topological polar surface area (TPSA) is 65.1 Å². The smallest absolute Gasteiger partial charge is 0.340 e. The Balaban J connectivity index is 1.93. The summed E-state index contributed by atoms with van der Waals surface area (Å²) in [4.78, 5) is 28.0. The maximum atomic E-state index is 13.7. The van der Waals surface area contributed by atoms with Gasteiger partial charge in [-0.15, -0.1) is 0 Å². The van der Waals surface area contributed by atoms with Gasteiger partial charge in [-0.2, -0.15) is 0 Å². The van der Waals surface area contributed by atoms with Gasteiger partial charge in [-0.3, -0.25) is 9.69 Å². The van der Waals surface area contributed by atoms with Crippen molar-refractivity contribution in [3.05, 3.63) is 83.1 Å². The fourth-order valence-corrected chi connectivity index (χ4v) is 3.98. The molecule has 6 nitrogen and oxygen atoms in total. The van der Waals surface area contributed by atoms with Crippen molar-refractivity contribution in [2.75, 3.05) is 26.2 Å².